The molecule has 1 aliphatic rings. The zero-order valence-corrected chi connectivity index (χ0v) is 13.5. The van der Waals surface area contributed by atoms with Gasteiger partial charge in [0, 0.05) is 49.5 Å². The second-order valence-electron chi connectivity index (χ2n) is 6.01. The Morgan fingerprint density at radius 2 is 1.96 bits per heavy atom. The Hall–Kier alpha value is -2.73. The molecule has 1 aromatic carbocycles. The topological polar surface area (TPSA) is 74.2 Å². The predicted molar refractivity (Wildman–Crippen MR) is 94.3 cm³/mol. The van der Waals surface area contributed by atoms with Crippen molar-refractivity contribution in [1.82, 2.24) is 20.5 Å². The number of aromatic nitrogens is 3. The molecule has 0 amide bonds. The van der Waals surface area contributed by atoms with Crippen LogP contribution in [0.2, 0.25) is 0 Å². The van der Waals surface area contributed by atoms with E-state index in [0.29, 0.717) is 11.3 Å². The first-order valence-corrected chi connectivity index (χ1v) is 8.10. The van der Waals surface area contributed by atoms with E-state index in [9.17, 15) is 5.11 Å². The molecule has 0 aliphatic carbocycles. The zero-order chi connectivity index (χ0) is 16.5. The maximum Gasteiger partial charge on any atom is 0.151 e. The minimum absolute atomic E-state index is 0.248. The minimum atomic E-state index is 0.248. The van der Waals surface area contributed by atoms with Crippen molar-refractivity contribution < 1.29 is 5.11 Å². The number of nitrogens with zero attached hydrogens (tertiary/aromatic N) is 4. The summed E-state index contributed by atoms with van der Waals surface area (Å²) in [6.07, 6.45) is 3.53. The number of piperazine rings is 1. The molecule has 1 aliphatic heterocycles. The lowest BCUT2D eigenvalue weighted by molar-refractivity contribution is 0.474. The van der Waals surface area contributed by atoms with Crippen molar-refractivity contribution in [3.05, 3.63) is 42.2 Å². The summed E-state index contributed by atoms with van der Waals surface area (Å²) in [5, 5.41) is 24.6. The molecule has 122 valence electrons. The molecule has 3 aromatic rings. The lowest BCUT2D eigenvalue weighted by Crippen LogP contribution is -2.43. The number of hydrogen-bond donors (Lipinski definition) is 2. The van der Waals surface area contributed by atoms with Crippen molar-refractivity contribution in [2.45, 2.75) is 6.92 Å². The molecule has 6 nitrogen and oxygen atoms in total. The number of phenolic OH excluding ortho intramolecular Hbond substituents is 1. The Morgan fingerprint density at radius 1 is 1.12 bits per heavy atom. The number of anilines is 1. The average molecular weight is 321 g/mol. The Kier molecular flexibility index (Phi) is 3.74. The van der Waals surface area contributed by atoms with Crippen LogP contribution in [0.4, 0.5) is 5.82 Å². The van der Waals surface area contributed by atoms with Crippen molar-refractivity contribution in [3.63, 3.8) is 0 Å². The molecule has 24 heavy (non-hydrogen) atoms. The fourth-order valence-electron chi connectivity index (χ4n) is 3.14. The molecule has 0 bridgehead atoms. The van der Waals surface area contributed by atoms with Gasteiger partial charge < -0.3 is 15.3 Å². The van der Waals surface area contributed by atoms with Gasteiger partial charge in [0.05, 0.1) is 5.69 Å². The van der Waals surface area contributed by atoms with Gasteiger partial charge in [-0.3, -0.25) is 4.98 Å². The van der Waals surface area contributed by atoms with Crippen LogP contribution in [0.1, 0.15) is 5.56 Å². The van der Waals surface area contributed by atoms with Crippen LogP contribution in [0.15, 0.2) is 36.7 Å². The molecule has 0 atom stereocenters. The Balaban J connectivity index is 1.73. The van der Waals surface area contributed by atoms with Gasteiger partial charge >= 0.3 is 0 Å². The van der Waals surface area contributed by atoms with E-state index in [1.165, 1.54) is 0 Å². The first kappa shape index (κ1) is 14.8. The van der Waals surface area contributed by atoms with Crippen LogP contribution in [0.5, 0.6) is 5.75 Å². The molecule has 1 fully saturated rings. The third-order valence-electron chi connectivity index (χ3n) is 4.53. The zero-order valence-electron chi connectivity index (χ0n) is 13.5. The first-order chi connectivity index (χ1) is 11.7. The lowest BCUT2D eigenvalue weighted by atomic mass is 10.00. The fourth-order valence-corrected chi connectivity index (χ4v) is 3.14. The monoisotopic (exact) mass is 321 g/mol. The Morgan fingerprint density at radius 3 is 2.71 bits per heavy atom. The number of rotatable bonds is 2. The van der Waals surface area contributed by atoms with Gasteiger partial charge in [-0.1, -0.05) is 0 Å². The maximum atomic E-state index is 10.6. The highest BCUT2D eigenvalue weighted by Crippen LogP contribution is 2.36. The maximum absolute atomic E-state index is 10.6. The van der Waals surface area contributed by atoms with Gasteiger partial charge in [-0.2, -0.15) is 0 Å². The number of pyridine rings is 1. The van der Waals surface area contributed by atoms with Gasteiger partial charge in [-0.25, -0.2) is 0 Å². The molecule has 0 unspecified atom stereocenters. The summed E-state index contributed by atoms with van der Waals surface area (Å²) < 4.78 is 0. The Labute approximate surface area is 140 Å². The fraction of sp³-hybridized carbons (Fsp3) is 0.278. The molecule has 2 N–H and O–H groups in total. The van der Waals surface area contributed by atoms with E-state index in [1.54, 1.807) is 12.4 Å². The summed E-state index contributed by atoms with van der Waals surface area (Å²) >= 11 is 0. The van der Waals surface area contributed by atoms with Gasteiger partial charge in [0.1, 0.15) is 5.75 Å². The van der Waals surface area contributed by atoms with Crippen molar-refractivity contribution in [1.29, 1.82) is 0 Å². The van der Waals surface area contributed by atoms with Gasteiger partial charge in [0.15, 0.2) is 5.82 Å². The van der Waals surface area contributed by atoms with Gasteiger partial charge in [-0.15, -0.1) is 10.2 Å². The highest BCUT2D eigenvalue weighted by atomic mass is 16.3. The first-order valence-electron chi connectivity index (χ1n) is 8.10. The molecule has 0 saturated carbocycles. The third kappa shape index (κ3) is 2.55. The van der Waals surface area contributed by atoms with E-state index in [0.717, 1.165) is 48.3 Å². The molecule has 3 heterocycles. The molecule has 0 radical (unpaired) electrons. The van der Waals surface area contributed by atoms with E-state index in [2.05, 4.69) is 25.4 Å². The predicted octanol–water partition coefficient (Wildman–Crippen LogP) is 2.12. The highest BCUT2D eigenvalue weighted by molar-refractivity contribution is 5.92. The summed E-state index contributed by atoms with van der Waals surface area (Å²) in [4.78, 5) is 6.37. The Bertz CT molecular complexity index is 872. The van der Waals surface area contributed by atoms with Crippen LogP contribution < -0.4 is 10.2 Å². The molecular weight excluding hydrogens is 302 g/mol. The van der Waals surface area contributed by atoms with Gasteiger partial charge in [0.25, 0.3) is 0 Å². The molecule has 4 rings (SSSR count). The second kappa shape index (κ2) is 6.05. The van der Waals surface area contributed by atoms with E-state index < -0.39 is 0 Å². The van der Waals surface area contributed by atoms with E-state index in [-0.39, 0.29) is 5.75 Å². The van der Waals surface area contributed by atoms with Gasteiger partial charge in [0.2, 0.25) is 0 Å². The quantitative estimate of drug-likeness (QED) is 0.753. The van der Waals surface area contributed by atoms with Crippen LogP contribution >= 0.6 is 0 Å². The summed E-state index contributed by atoms with van der Waals surface area (Å²) in [7, 11) is 0. The summed E-state index contributed by atoms with van der Waals surface area (Å²) in [5.41, 5.74) is 2.19. The summed E-state index contributed by atoms with van der Waals surface area (Å²) in [6.45, 7) is 5.69. The number of aryl methyl sites for hydroxylation is 1. The van der Waals surface area contributed by atoms with Crippen LogP contribution in [0.25, 0.3) is 22.0 Å². The van der Waals surface area contributed by atoms with Crippen molar-refractivity contribution >= 4 is 16.6 Å². The minimum Gasteiger partial charge on any atom is -0.507 e. The molecule has 6 heteroatoms. The number of benzene rings is 1. The standard InChI is InChI=1S/C18H19N5O/c1-12-14-4-5-20-11-13(14)10-15(18(12)24)16-2-3-17(22-21-16)23-8-6-19-7-9-23/h2-5,10-11,19,24H,6-9H2,1H3. The van der Waals surface area contributed by atoms with E-state index in [1.807, 2.05) is 31.2 Å². The van der Waals surface area contributed by atoms with Crippen LogP contribution in [0.3, 0.4) is 0 Å². The number of aromatic hydroxyl groups is 1. The molecule has 1 saturated heterocycles. The second-order valence-corrected chi connectivity index (χ2v) is 6.01. The van der Waals surface area contributed by atoms with E-state index in [4.69, 9.17) is 0 Å². The van der Waals surface area contributed by atoms with Crippen LogP contribution in [-0.4, -0.2) is 46.5 Å². The van der Waals surface area contributed by atoms with Crippen molar-refractivity contribution in [3.8, 4) is 17.0 Å². The van der Waals surface area contributed by atoms with Gasteiger partial charge in [-0.05, 0) is 42.1 Å². The smallest absolute Gasteiger partial charge is 0.151 e. The van der Waals surface area contributed by atoms with Crippen LogP contribution in [-0.2, 0) is 0 Å². The van der Waals surface area contributed by atoms with Crippen molar-refractivity contribution in [2.75, 3.05) is 31.1 Å². The SMILES string of the molecule is Cc1c(O)c(-c2ccc(N3CCNCC3)nn2)cc2cnccc12. The lowest BCUT2D eigenvalue weighted by Gasteiger charge is -2.27. The summed E-state index contributed by atoms with van der Waals surface area (Å²) in [6, 6.07) is 7.71. The number of nitrogens with one attached hydrogen (secondary N) is 1. The van der Waals surface area contributed by atoms with E-state index >= 15 is 0 Å². The summed E-state index contributed by atoms with van der Waals surface area (Å²) in [5.74, 6) is 1.12. The number of fused-ring (bicyclic) bond motifs is 1. The molecule has 2 aromatic heterocycles. The van der Waals surface area contributed by atoms with Crippen molar-refractivity contribution in [2.24, 2.45) is 0 Å². The number of phenols is 1. The highest BCUT2D eigenvalue weighted by Gasteiger charge is 2.15. The third-order valence-corrected chi connectivity index (χ3v) is 4.53. The number of hydrogen-bond acceptors (Lipinski definition) is 6. The normalized spacial score (nSPS) is 15.0. The largest absolute Gasteiger partial charge is 0.507 e. The molecular formula is C18H19N5O. The molecule has 0 spiro atoms. The van der Waals surface area contributed by atoms with Crippen LogP contribution in [0, 0.1) is 6.92 Å². The average Bonchev–Trinajstić information content (AvgIpc) is 2.66.